The van der Waals surface area contributed by atoms with E-state index in [1.807, 2.05) is 0 Å². The first-order valence-electron chi connectivity index (χ1n) is 8.09. The highest BCUT2D eigenvalue weighted by molar-refractivity contribution is 5.83. The lowest BCUT2D eigenvalue weighted by atomic mass is 9.76. The molecule has 4 rings (SSSR count). The summed E-state index contributed by atoms with van der Waals surface area (Å²) in [5, 5.41) is 6.08. The van der Waals surface area contributed by atoms with Gasteiger partial charge in [-0.1, -0.05) is 42.5 Å². The van der Waals surface area contributed by atoms with Crippen molar-refractivity contribution in [1.82, 2.24) is 5.32 Å². The molecule has 1 unspecified atom stereocenters. The first-order valence-corrected chi connectivity index (χ1v) is 8.09. The van der Waals surface area contributed by atoms with Crippen molar-refractivity contribution in [1.29, 1.82) is 0 Å². The van der Waals surface area contributed by atoms with Crippen molar-refractivity contribution in [2.45, 2.75) is 37.3 Å². The molecule has 3 nitrogen and oxygen atoms in total. The molecule has 0 aliphatic carbocycles. The smallest absolute Gasteiger partial charge is 0.310 e. The number of methoxy groups -OCH3 is 1. The lowest BCUT2D eigenvalue weighted by Crippen LogP contribution is -2.48. The summed E-state index contributed by atoms with van der Waals surface area (Å²) in [6, 6.07) is 15.8. The van der Waals surface area contributed by atoms with E-state index in [0.29, 0.717) is 6.04 Å². The van der Waals surface area contributed by atoms with Crippen LogP contribution in [0.4, 0.5) is 0 Å². The summed E-state index contributed by atoms with van der Waals surface area (Å²) in [4.78, 5) is 12.3. The predicted molar refractivity (Wildman–Crippen MR) is 86.8 cm³/mol. The fourth-order valence-electron chi connectivity index (χ4n) is 4.30. The van der Waals surface area contributed by atoms with Crippen LogP contribution >= 0.6 is 0 Å². The molecule has 2 bridgehead atoms. The number of benzene rings is 2. The predicted octanol–water partition coefficient (Wildman–Crippen LogP) is 3.24. The molecule has 2 aromatic carbocycles. The molecule has 0 amide bonds. The molecule has 1 N–H and O–H groups in total. The number of esters is 1. The highest BCUT2D eigenvalue weighted by Crippen LogP contribution is 2.42. The second-order valence-corrected chi connectivity index (χ2v) is 6.55. The number of fused-ring (bicyclic) bond motifs is 3. The van der Waals surface area contributed by atoms with Gasteiger partial charge in [0.15, 0.2) is 0 Å². The van der Waals surface area contributed by atoms with Gasteiger partial charge in [-0.2, -0.15) is 0 Å². The Morgan fingerprint density at radius 3 is 2.77 bits per heavy atom. The molecular formula is C19H21NO2. The lowest BCUT2D eigenvalue weighted by Gasteiger charge is -2.36. The van der Waals surface area contributed by atoms with Gasteiger partial charge in [0, 0.05) is 18.0 Å². The molecular weight excluding hydrogens is 274 g/mol. The zero-order valence-corrected chi connectivity index (χ0v) is 12.8. The molecule has 0 radical (unpaired) electrons. The highest BCUT2D eigenvalue weighted by Gasteiger charge is 2.46. The Morgan fingerprint density at radius 1 is 1.14 bits per heavy atom. The topological polar surface area (TPSA) is 38.3 Å². The second kappa shape index (κ2) is 5.40. The molecule has 4 atom stereocenters. The van der Waals surface area contributed by atoms with Crippen molar-refractivity contribution in [2.24, 2.45) is 5.92 Å². The van der Waals surface area contributed by atoms with Crippen molar-refractivity contribution in [3.8, 4) is 0 Å². The van der Waals surface area contributed by atoms with Crippen LogP contribution in [0.25, 0.3) is 10.8 Å². The number of hydrogen-bond acceptors (Lipinski definition) is 3. The molecule has 22 heavy (non-hydrogen) atoms. The highest BCUT2D eigenvalue weighted by atomic mass is 16.5. The molecule has 2 heterocycles. The van der Waals surface area contributed by atoms with Gasteiger partial charge < -0.3 is 10.1 Å². The second-order valence-electron chi connectivity index (χ2n) is 6.55. The van der Waals surface area contributed by atoms with E-state index < -0.39 is 0 Å². The van der Waals surface area contributed by atoms with E-state index in [9.17, 15) is 4.79 Å². The van der Waals surface area contributed by atoms with Crippen molar-refractivity contribution < 1.29 is 9.53 Å². The molecule has 0 spiro atoms. The number of rotatable bonds is 2. The SMILES string of the molecule is COC(=O)[C@H]1[C@@H](c2ccc3ccccc3c2)CC2CC[C@H]1N2. The summed E-state index contributed by atoms with van der Waals surface area (Å²) in [5.74, 6) is 0.122. The van der Waals surface area contributed by atoms with Crippen LogP contribution in [0.2, 0.25) is 0 Å². The molecule has 2 aromatic rings. The van der Waals surface area contributed by atoms with E-state index in [-0.39, 0.29) is 23.8 Å². The van der Waals surface area contributed by atoms with E-state index in [2.05, 4.69) is 47.8 Å². The number of carbonyl (C=O) groups excluding carboxylic acids is 1. The van der Waals surface area contributed by atoms with E-state index >= 15 is 0 Å². The third kappa shape index (κ3) is 2.20. The third-order valence-electron chi connectivity index (χ3n) is 5.36. The summed E-state index contributed by atoms with van der Waals surface area (Å²) >= 11 is 0. The average Bonchev–Trinajstić information content (AvgIpc) is 2.95. The van der Waals surface area contributed by atoms with E-state index in [0.717, 1.165) is 12.8 Å². The molecule has 3 heteroatoms. The molecule has 2 aliphatic heterocycles. The Hall–Kier alpha value is -1.87. The first-order chi connectivity index (χ1) is 10.8. The largest absolute Gasteiger partial charge is 0.469 e. The van der Waals surface area contributed by atoms with Crippen molar-refractivity contribution in [3.05, 3.63) is 48.0 Å². The van der Waals surface area contributed by atoms with Crippen LogP contribution in [-0.2, 0) is 9.53 Å². The Labute approximate surface area is 130 Å². The van der Waals surface area contributed by atoms with E-state index in [4.69, 9.17) is 4.74 Å². The number of ether oxygens (including phenoxy) is 1. The third-order valence-corrected chi connectivity index (χ3v) is 5.36. The fourth-order valence-corrected chi connectivity index (χ4v) is 4.30. The van der Waals surface area contributed by atoms with Crippen LogP contribution in [-0.4, -0.2) is 25.2 Å². The molecule has 2 aliphatic rings. The summed E-state index contributed by atoms with van der Waals surface area (Å²) in [6.45, 7) is 0. The zero-order valence-electron chi connectivity index (χ0n) is 12.8. The summed E-state index contributed by atoms with van der Waals surface area (Å²) in [7, 11) is 1.50. The van der Waals surface area contributed by atoms with Gasteiger partial charge in [-0.15, -0.1) is 0 Å². The maximum atomic E-state index is 12.3. The van der Waals surface area contributed by atoms with Gasteiger partial charge in [-0.05, 0) is 35.6 Å². The number of nitrogens with one attached hydrogen (secondary N) is 1. The monoisotopic (exact) mass is 295 g/mol. The van der Waals surface area contributed by atoms with Crippen molar-refractivity contribution in [3.63, 3.8) is 0 Å². The van der Waals surface area contributed by atoms with E-state index in [1.165, 1.54) is 29.9 Å². The van der Waals surface area contributed by atoms with Crippen molar-refractivity contribution >= 4 is 16.7 Å². The lowest BCUT2D eigenvalue weighted by molar-refractivity contribution is -0.148. The van der Waals surface area contributed by atoms with Gasteiger partial charge in [-0.25, -0.2) is 0 Å². The van der Waals surface area contributed by atoms with Crippen LogP contribution in [0, 0.1) is 5.92 Å². The molecule has 2 fully saturated rings. The number of carbonyl (C=O) groups is 1. The van der Waals surface area contributed by atoms with Gasteiger partial charge >= 0.3 is 5.97 Å². The summed E-state index contributed by atoms with van der Waals surface area (Å²) in [6.07, 6.45) is 3.27. The summed E-state index contributed by atoms with van der Waals surface area (Å²) < 4.78 is 5.10. The molecule has 0 saturated carbocycles. The van der Waals surface area contributed by atoms with E-state index in [1.54, 1.807) is 0 Å². The Bertz CT molecular complexity index is 711. The van der Waals surface area contributed by atoms with Crippen LogP contribution < -0.4 is 5.32 Å². The van der Waals surface area contributed by atoms with Gasteiger partial charge in [0.05, 0.1) is 13.0 Å². The maximum Gasteiger partial charge on any atom is 0.310 e. The minimum atomic E-state index is -0.0731. The standard InChI is InChI=1S/C19H21NO2/c1-22-19(21)18-16(11-15-8-9-17(18)20-15)14-7-6-12-4-2-3-5-13(12)10-14/h2-7,10,15-18,20H,8-9,11H2,1H3/t15?,16-,17-,18+/m1/s1. The number of hydrogen-bond donors (Lipinski definition) is 1. The van der Waals surface area contributed by atoms with Gasteiger partial charge in [0.1, 0.15) is 0 Å². The van der Waals surface area contributed by atoms with Gasteiger partial charge in [-0.3, -0.25) is 4.79 Å². The van der Waals surface area contributed by atoms with Crippen LogP contribution in [0.15, 0.2) is 42.5 Å². The maximum absolute atomic E-state index is 12.3. The van der Waals surface area contributed by atoms with Crippen LogP contribution in [0.3, 0.4) is 0 Å². The quantitative estimate of drug-likeness (QED) is 0.864. The zero-order chi connectivity index (χ0) is 15.1. The minimum Gasteiger partial charge on any atom is -0.469 e. The van der Waals surface area contributed by atoms with Gasteiger partial charge in [0.2, 0.25) is 0 Å². The fraction of sp³-hybridized carbons (Fsp3) is 0.421. The molecule has 2 saturated heterocycles. The number of piperidine rings is 1. The molecule has 114 valence electrons. The average molecular weight is 295 g/mol. The Morgan fingerprint density at radius 2 is 1.95 bits per heavy atom. The van der Waals surface area contributed by atoms with Crippen molar-refractivity contribution in [2.75, 3.05) is 7.11 Å². The molecule has 0 aromatic heterocycles. The van der Waals surface area contributed by atoms with Crippen LogP contribution in [0.1, 0.15) is 30.7 Å². The Balaban J connectivity index is 1.75. The van der Waals surface area contributed by atoms with Gasteiger partial charge in [0.25, 0.3) is 0 Å². The summed E-state index contributed by atoms with van der Waals surface area (Å²) in [5.41, 5.74) is 1.27. The Kier molecular flexibility index (Phi) is 3.38. The normalized spacial score (nSPS) is 30.4. The minimum absolute atomic E-state index is 0.0649. The first kappa shape index (κ1) is 13.8. The van der Waals surface area contributed by atoms with Crippen LogP contribution in [0.5, 0.6) is 0 Å².